The van der Waals surface area contributed by atoms with Crippen LogP contribution in [-0.4, -0.2) is 0 Å². The van der Waals surface area contributed by atoms with Gasteiger partial charge in [0.1, 0.15) is 0 Å². The molecule has 0 aromatic rings. The van der Waals surface area contributed by atoms with Gasteiger partial charge in [0.25, 0.3) is 0 Å². The van der Waals surface area contributed by atoms with Crippen molar-refractivity contribution in [1.29, 1.82) is 0 Å². The molecule has 0 radical (unpaired) electrons. The molecule has 2 N–H and O–H groups in total. The van der Waals surface area contributed by atoms with E-state index in [1.807, 2.05) is 19.1 Å². The maximum Gasteiger partial charge on any atom is 0.00518 e. The van der Waals surface area contributed by atoms with Gasteiger partial charge in [-0.2, -0.15) is 0 Å². The molecule has 0 heterocycles. The van der Waals surface area contributed by atoms with Crippen molar-refractivity contribution in [3.8, 4) is 0 Å². The van der Waals surface area contributed by atoms with E-state index in [0.29, 0.717) is 0 Å². The second-order valence-corrected chi connectivity index (χ2v) is 4.00. The number of allylic oxidation sites excluding steroid dienone is 5. The third-order valence-corrected chi connectivity index (χ3v) is 1.55. The zero-order valence-electron chi connectivity index (χ0n) is 8.52. The third-order valence-electron chi connectivity index (χ3n) is 1.55. The summed E-state index contributed by atoms with van der Waals surface area (Å²) in [5.41, 5.74) is 7.78. The Morgan fingerprint density at radius 1 is 1.33 bits per heavy atom. The Bertz CT molecular complexity index is 210. The van der Waals surface area contributed by atoms with Gasteiger partial charge in [0.2, 0.25) is 0 Å². The van der Waals surface area contributed by atoms with Crippen molar-refractivity contribution in [1.82, 2.24) is 0 Å². The van der Waals surface area contributed by atoms with Crippen molar-refractivity contribution in [2.45, 2.75) is 27.7 Å². The predicted molar refractivity (Wildman–Crippen MR) is 55.7 cm³/mol. The molecule has 0 aromatic heterocycles. The van der Waals surface area contributed by atoms with Crippen molar-refractivity contribution < 1.29 is 0 Å². The highest BCUT2D eigenvalue weighted by molar-refractivity contribution is 5.29. The van der Waals surface area contributed by atoms with Crippen molar-refractivity contribution in [2.24, 2.45) is 11.1 Å². The quantitative estimate of drug-likeness (QED) is 0.625. The van der Waals surface area contributed by atoms with E-state index in [4.69, 9.17) is 5.73 Å². The predicted octanol–water partition coefficient (Wildman–Crippen LogP) is 3.01. The molecule has 0 spiro atoms. The smallest absolute Gasteiger partial charge is 0.00518 e. The van der Waals surface area contributed by atoms with Crippen molar-refractivity contribution >= 4 is 0 Å². The van der Waals surface area contributed by atoms with Gasteiger partial charge in [0, 0.05) is 5.70 Å². The maximum atomic E-state index is 5.61. The number of nitrogens with two attached hydrogens (primary N) is 1. The minimum atomic E-state index is 0.134. The zero-order valence-corrected chi connectivity index (χ0v) is 8.52. The highest BCUT2D eigenvalue weighted by atomic mass is 14.5. The molecule has 0 fully saturated rings. The summed E-state index contributed by atoms with van der Waals surface area (Å²) in [7, 11) is 0. The van der Waals surface area contributed by atoms with E-state index in [-0.39, 0.29) is 5.41 Å². The second kappa shape index (κ2) is 4.15. The Morgan fingerprint density at radius 3 is 2.08 bits per heavy atom. The minimum absolute atomic E-state index is 0.134. The Kier molecular flexibility index (Phi) is 3.81. The average Bonchev–Trinajstić information content (AvgIpc) is 1.83. The first-order valence-corrected chi connectivity index (χ1v) is 4.15. The molecule has 1 heteroatoms. The first-order chi connectivity index (χ1) is 5.38. The van der Waals surface area contributed by atoms with Crippen LogP contribution in [0.1, 0.15) is 27.7 Å². The average molecular weight is 165 g/mol. The monoisotopic (exact) mass is 165 g/mol. The molecule has 68 valence electrons. The summed E-state index contributed by atoms with van der Waals surface area (Å²) < 4.78 is 0. The van der Waals surface area contributed by atoms with Gasteiger partial charge in [-0.3, -0.25) is 0 Å². The van der Waals surface area contributed by atoms with Crippen molar-refractivity contribution in [2.75, 3.05) is 0 Å². The molecule has 0 saturated carbocycles. The van der Waals surface area contributed by atoms with Gasteiger partial charge < -0.3 is 5.73 Å². The number of rotatable bonds is 2. The summed E-state index contributed by atoms with van der Waals surface area (Å²) in [4.78, 5) is 0. The molecule has 0 aromatic carbocycles. The van der Waals surface area contributed by atoms with Crippen LogP contribution >= 0.6 is 0 Å². The molecule has 0 rings (SSSR count). The van der Waals surface area contributed by atoms with E-state index in [2.05, 4.69) is 27.4 Å². The molecule has 0 saturated heterocycles. The van der Waals surface area contributed by atoms with Crippen LogP contribution in [0.15, 0.2) is 36.1 Å². The summed E-state index contributed by atoms with van der Waals surface area (Å²) in [6, 6.07) is 0. The van der Waals surface area contributed by atoms with Gasteiger partial charge in [-0.15, -0.1) is 0 Å². The first kappa shape index (κ1) is 11.0. The van der Waals surface area contributed by atoms with Crippen LogP contribution < -0.4 is 5.73 Å². The fraction of sp³-hybridized carbons (Fsp3) is 0.455. The summed E-state index contributed by atoms with van der Waals surface area (Å²) in [5.74, 6) is 0. The molecular formula is C11H19N. The van der Waals surface area contributed by atoms with Crippen molar-refractivity contribution in [3.63, 3.8) is 0 Å². The molecule has 0 aliphatic heterocycles. The van der Waals surface area contributed by atoms with Crippen molar-refractivity contribution in [3.05, 3.63) is 36.1 Å². The van der Waals surface area contributed by atoms with E-state index in [1.165, 1.54) is 5.57 Å². The minimum Gasteiger partial charge on any atom is -0.402 e. The van der Waals surface area contributed by atoms with E-state index < -0.39 is 0 Å². The maximum absolute atomic E-state index is 5.61. The summed E-state index contributed by atoms with van der Waals surface area (Å²) >= 11 is 0. The third kappa shape index (κ3) is 4.02. The zero-order chi connectivity index (χ0) is 9.78. The summed E-state index contributed by atoms with van der Waals surface area (Å²) in [5, 5.41) is 0. The lowest BCUT2D eigenvalue weighted by molar-refractivity contribution is 0.516. The Hall–Kier alpha value is -0.980. The fourth-order valence-electron chi connectivity index (χ4n) is 0.887. The van der Waals surface area contributed by atoms with Crippen LogP contribution in [0.25, 0.3) is 0 Å². The molecule has 12 heavy (non-hydrogen) atoms. The second-order valence-electron chi connectivity index (χ2n) is 4.00. The largest absolute Gasteiger partial charge is 0.402 e. The Morgan fingerprint density at radius 2 is 1.83 bits per heavy atom. The van der Waals surface area contributed by atoms with E-state index in [0.717, 1.165) is 5.70 Å². The molecule has 1 nitrogen and oxygen atoms in total. The van der Waals surface area contributed by atoms with Gasteiger partial charge in [-0.1, -0.05) is 39.5 Å². The molecule has 0 atom stereocenters. The fourth-order valence-corrected chi connectivity index (χ4v) is 0.887. The first-order valence-electron chi connectivity index (χ1n) is 4.15. The standard InChI is InChI=1S/C11H19N/c1-6-7-10(8-9(2)12)11(3,4)5/h6-8H,1,12H2,2-5H3/b9-8-,10-7+. The number of hydrogen-bond acceptors (Lipinski definition) is 1. The van der Waals surface area contributed by atoms with Crippen LogP contribution in [-0.2, 0) is 0 Å². The molecule has 0 aliphatic carbocycles. The lowest BCUT2D eigenvalue weighted by Gasteiger charge is -2.20. The molecule has 0 amide bonds. The van der Waals surface area contributed by atoms with Crippen LogP contribution in [0, 0.1) is 5.41 Å². The van der Waals surface area contributed by atoms with Gasteiger partial charge in [0.15, 0.2) is 0 Å². The van der Waals surface area contributed by atoms with Crippen LogP contribution in [0.4, 0.5) is 0 Å². The molecule has 0 bridgehead atoms. The van der Waals surface area contributed by atoms with Gasteiger partial charge >= 0.3 is 0 Å². The lowest BCUT2D eigenvalue weighted by atomic mass is 9.85. The van der Waals surface area contributed by atoms with Crippen LogP contribution in [0.5, 0.6) is 0 Å². The highest BCUT2D eigenvalue weighted by Crippen LogP contribution is 2.26. The van der Waals surface area contributed by atoms with Gasteiger partial charge in [-0.05, 0) is 24.0 Å². The normalized spacial score (nSPS) is 14.7. The molecule has 0 unspecified atom stereocenters. The summed E-state index contributed by atoms with van der Waals surface area (Å²) in [6.45, 7) is 12.0. The van der Waals surface area contributed by atoms with E-state index in [9.17, 15) is 0 Å². The van der Waals surface area contributed by atoms with E-state index in [1.54, 1.807) is 6.08 Å². The number of hydrogen-bond donors (Lipinski definition) is 1. The molecular weight excluding hydrogens is 146 g/mol. The van der Waals surface area contributed by atoms with Gasteiger partial charge in [-0.25, -0.2) is 0 Å². The van der Waals surface area contributed by atoms with Gasteiger partial charge in [0.05, 0.1) is 0 Å². The summed E-state index contributed by atoms with van der Waals surface area (Å²) in [6.07, 6.45) is 5.78. The Balaban J connectivity index is 4.82. The van der Waals surface area contributed by atoms with Crippen LogP contribution in [0.2, 0.25) is 0 Å². The topological polar surface area (TPSA) is 26.0 Å². The molecule has 0 aliphatic rings. The lowest BCUT2D eigenvalue weighted by Crippen LogP contribution is -2.08. The SMILES string of the molecule is C=C/C=C(\C=C(\C)N)C(C)(C)C. The van der Waals surface area contributed by atoms with E-state index >= 15 is 0 Å². The Labute approximate surface area is 75.7 Å². The highest BCUT2D eigenvalue weighted by Gasteiger charge is 2.13. The van der Waals surface area contributed by atoms with Crippen LogP contribution in [0.3, 0.4) is 0 Å².